The summed E-state index contributed by atoms with van der Waals surface area (Å²) in [5, 5.41) is 2.47. The van der Waals surface area contributed by atoms with Crippen LogP contribution in [0.25, 0.3) is 0 Å². The number of rotatable bonds is 5. The molecule has 0 aliphatic carbocycles. The van der Waals surface area contributed by atoms with Crippen LogP contribution in [-0.2, 0) is 14.3 Å². The summed E-state index contributed by atoms with van der Waals surface area (Å²) in [4.78, 5) is 23.5. The zero-order valence-corrected chi connectivity index (χ0v) is 13.6. The minimum atomic E-state index is -4.60. The highest BCUT2D eigenvalue weighted by Crippen LogP contribution is 2.20. The van der Waals surface area contributed by atoms with Crippen LogP contribution in [0.4, 0.5) is 18.0 Å². The van der Waals surface area contributed by atoms with Gasteiger partial charge in [-0.1, -0.05) is 30.3 Å². The second kappa shape index (κ2) is 8.03. The third kappa shape index (κ3) is 8.40. The lowest BCUT2D eigenvalue weighted by Crippen LogP contribution is -2.36. The second-order valence-corrected chi connectivity index (χ2v) is 6.09. The van der Waals surface area contributed by atoms with Gasteiger partial charge in [0.25, 0.3) is 0 Å². The molecule has 0 aliphatic heterocycles. The average molecular weight is 347 g/mol. The standard InChI is InChI=1S/C16H20F3NO4/c1-15(2,3)24-14(22)20-12(11-7-5-4-6-8-11)9-13(21)23-10-16(17,18)19/h4-8,12H,9-10H2,1-3H3,(H,20,22)/t12-/m1/s1. The van der Waals surface area contributed by atoms with Crippen molar-refractivity contribution in [2.45, 2.75) is 45.0 Å². The second-order valence-electron chi connectivity index (χ2n) is 6.09. The van der Waals surface area contributed by atoms with Crippen molar-refractivity contribution in [2.24, 2.45) is 0 Å². The van der Waals surface area contributed by atoms with E-state index in [-0.39, 0.29) is 0 Å². The average Bonchev–Trinajstić information content (AvgIpc) is 2.42. The van der Waals surface area contributed by atoms with Crippen LogP contribution in [0.1, 0.15) is 38.8 Å². The van der Waals surface area contributed by atoms with Crippen molar-refractivity contribution in [2.75, 3.05) is 6.61 Å². The molecule has 0 saturated carbocycles. The van der Waals surface area contributed by atoms with E-state index < -0.39 is 42.9 Å². The van der Waals surface area contributed by atoms with E-state index in [0.29, 0.717) is 5.56 Å². The Morgan fingerprint density at radius 2 is 1.71 bits per heavy atom. The lowest BCUT2D eigenvalue weighted by molar-refractivity contribution is -0.186. The molecule has 1 aromatic rings. The van der Waals surface area contributed by atoms with Crippen molar-refractivity contribution in [1.29, 1.82) is 0 Å². The van der Waals surface area contributed by atoms with Crippen LogP contribution < -0.4 is 5.32 Å². The zero-order chi connectivity index (χ0) is 18.4. The number of carbonyl (C=O) groups is 2. The third-order valence-electron chi connectivity index (χ3n) is 2.66. The topological polar surface area (TPSA) is 64.6 Å². The van der Waals surface area contributed by atoms with Gasteiger partial charge in [0.2, 0.25) is 0 Å². The summed E-state index contributed by atoms with van der Waals surface area (Å²) in [6.07, 6.45) is -5.82. The van der Waals surface area contributed by atoms with Gasteiger partial charge in [-0.2, -0.15) is 13.2 Å². The number of hydrogen-bond acceptors (Lipinski definition) is 4. The van der Waals surface area contributed by atoms with E-state index in [0.717, 1.165) is 0 Å². The van der Waals surface area contributed by atoms with E-state index in [4.69, 9.17) is 4.74 Å². The molecule has 0 spiro atoms. The summed E-state index contributed by atoms with van der Waals surface area (Å²) in [6.45, 7) is 3.34. The molecule has 0 fully saturated rings. The van der Waals surface area contributed by atoms with E-state index in [1.54, 1.807) is 51.1 Å². The molecule has 0 unspecified atom stereocenters. The first-order valence-corrected chi connectivity index (χ1v) is 7.23. The summed E-state index contributed by atoms with van der Waals surface area (Å²) in [7, 11) is 0. The molecule has 1 rings (SSSR count). The van der Waals surface area contributed by atoms with Crippen molar-refractivity contribution in [3.05, 3.63) is 35.9 Å². The van der Waals surface area contributed by atoms with Gasteiger partial charge in [0.1, 0.15) is 5.60 Å². The fraction of sp³-hybridized carbons (Fsp3) is 0.500. The van der Waals surface area contributed by atoms with E-state index in [1.165, 1.54) is 0 Å². The molecule has 1 amide bonds. The maximum absolute atomic E-state index is 12.1. The maximum atomic E-state index is 12.1. The van der Waals surface area contributed by atoms with Crippen LogP contribution in [0.15, 0.2) is 30.3 Å². The predicted octanol–water partition coefficient (Wildman–Crippen LogP) is 3.75. The van der Waals surface area contributed by atoms with Gasteiger partial charge >= 0.3 is 18.2 Å². The highest BCUT2D eigenvalue weighted by Gasteiger charge is 2.30. The monoisotopic (exact) mass is 347 g/mol. The molecule has 0 aromatic heterocycles. The Morgan fingerprint density at radius 3 is 2.21 bits per heavy atom. The van der Waals surface area contributed by atoms with Gasteiger partial charge in [0.05, 0.1) is 12.5 Å². The number of alkyl carbamates (subject to hydrolysis) is 1. The number of nitrogens with one attached hydrogen (secondary N) is 1. The predicted molar refractivity (Wildman–Crippen MR) is 80.2 cm³/mol. The number of ether oxygens (including phenoxy) is 2. The molecule has 0 aliphatic rings. The quantitative estimate of drug-likeness (QED) is 0.824. The number of amides is 1. The Bertz CT molecular complexity index is 553. The SMILES string of the molecule is CC(C)(C)OC(=O)N[C@H](CC(=O)OCC(F)(F)F)c1ccccc1. The molecule has 1 atom stereocenters. The Balaban J connectivity index is 2.76. The van der Waals surface area contributed by atoms with Gasteiger partial charge in [-0.05, 0) is 26.3 Å². The lowest BCUT2D eigenvalue weighted by atomic mass is 10.0. The number of benzene rings is 1. The minimum absolute atomic E-state index is 0.445. The molecule has 0 bridgehead atoms. The largest absolute Gasteiger partial charge is 0.456 e. The number of hydrogen-bond donors (Lipinski definition) is 1. The van der Waals surface area contributed by atoms with E-state index >= 15 is 0 Å². The molecular formula is C16H20F3NO4. The zero-order valence-electron chi connectivity index (χ0n) is 13.6. The molecule has 1 N–H and O–H groups in total. The summed E-state index contributed by atoms with van der Waals surface area (Å²) in [6, 6.07) is 7.51. The summed E-state index contributed by atoms with van der Waals surface area (Å²) in [5.74, 6) is -1.07. The minimum Gasteiger partial charge on any atom is -0.456 e. The normalized spacial score (nSPS) is 13.1. The van der Waals surface area contributed by atoms with Crippen molar-refractivity contribution in [1.82, 2.24) is 5.32 Å². The highest BCUT2D eigenvalue weighted by molar-refractivity contribution is 5.73. The van der Waals surface area contributed by atoms with Crippen molar-refractivity contribution >= 4 is 12.1 Å². The van der Waals surface area contributed by atoms with Crippen LogP contribution in [0.2, 0.25) is 0 Å². The number of carbonyl (C=O) groups excluding carboxylic acids is 2. The number of alkyl halides is 3. The fourth-order valence-corrected chi connectivity index (χ4v) is 1.78. The number of halogens is 3. The van der Waals surface area contributed by atoms with Crippen molar-refractivity contribution in [3.63, 3.8) is 0 Å². The van der Waals surface area contributed by atoms with E-state index in [9.17, 15) is 22.8 Å². The molecule has 134 valence electrons. The molecule has 0 heterocycles. The van der Waals surface area contributed by atoms with Crippen LogP contribution >= 0.6 is 0 Å². The summed E-state index contributed by atoms with van der Waals surface area (Å²) >= 11 is 0. The Labute approximate surface area is 138 Å². The smallest absolute Gasteiger partial charge is 0.422 e. The highest BCUT2D eigenvalue weighted by atomic mass is 19.4. The first-order valence-electron chi connectivity index (χ1n) is 7.23. The Kier molecular flexibility index (Phi) is 6.62. The molecular weight excluding hydrogens is 327 g/mol. The van der Waals surface area contributed by atoms with Gasteiger partial charge in [-0.15, -0.1) is 0 Å². The molecule has 1 aromatic carbocycles. The molecule has 24 heavy (non-hydrogen) atoms. The Hall–Kier alpha value is -2.25. The van der Waals surface area contributed by atoms with Crippen LogP contribution in [0.5, 0.6) is 0 Å². The fourth-order valence-electron chi connectivity index (χ4n) is 1.78. The van der Waals surface area contributed by atoms with Gasteiger partial charge in [-0.3, -0.25) is 4.79 Å². The summed E-state index contributed by atoms with van der Waals surface area (Å²) < 4.78 is 45.6. The van der Waals surface area contributed by atoms with Gasteiger partial charge in [0, 0.05) is 0 Å². The van der Waals surface area contributed by atoms with Crippen LogP contribution in [-0.4, -0.2) is 30.4 Å². The van der Waals surface area contributed by atoms with Crippen LogP contribution in [0, 0.1) is 0 Å². The van der Waals surface area contributed by atoms with Crippen LogP contribution in [0.3, 0.4) is 0 Å². The molecule has 5 nitrogen and oxygen atoms in total. The number of esters is 1. The summed E-state index contributed by atoms with van der Waals surface area (Å²) in [5.41, 5.74) is -0.199. The lowest BCUT2D eigenvalue weighted by Gasteiger charge is -2.23. The molecule has 8 heteroatoms. The first-order chi connectivity index (χ1) is 11.0. The van der Waals surface area contributed by atoms with Crippen molar-refractivity contribution in [3.8, 4) is 0 Å². The molecule has 0 radical (unpaired) electrons. The van der Waals surface area contributed by atoms with Gasteiger partial charge < -0.3 is 14.8 Å². The van der Waals surface area contributed by atoms with E-state index in [1.807, 2.05) is 0 Å². The Morgan fingerprint density at radius 1 is 1.12 bits per heavy atom. The third-order valence-corrected chi connectivity index (χ3v) is 2.66. The van der Waals surface area contributed by atoms with Crippen molar-refractivity contribution < 1.29 is 32.2 Å². The van der Waals surface area contributed by atoms with Gasteiger partial charge in [0.15, 0.2) is 6.61 Å². The maximum Gasteiger partial charge on any atom is 0.422 e. The van der Waals surface area contributed by atoms with Gasteiger partial charge in [-0.25, -0.2) is 4.79 Å². The van der Waals surface area contributed by atoms with E-state index in [2.05, 4.69) is 10.1 Å². The first kappa shape index (κ1) is 19.8. The molecule has 0 saturated heterocycles.